The number of amides is 1. The van der Waals surface area contributed by atoms with E-state index in [-0.39, 0.29) is 5.91 Å². The molecule has 1 aromatic rings. The molecule has 2 unspecified atom stereocenters. The molecule has 1 aliphatic carbocycles. The fourth-order valence-electron chi connectivity index (χ4n) is 2.88. The summed E-state index contributed by atoms with van der Waals surface area (Å²) < 4.78 is 0. The quantitative estimate of drug-likeness (QED) is 0.740. The number of nitrogens with two attached hydrogens (primary N) is 1. The first-order chi connectivity index (χ1) is 9.60. The standard InChI is InChI=1S/C16H25N3O/c1-3-18-16(20)12-7-8-15(14(17)10-12)19-13-6-4-5-11(2)9-13/h7-8,10-11,13,19H,3-6,9,17H2,1-2H3,(H,18,20). The average Bonchev–Trinajstić information content (AvgIpc) is 2.41. The van der Waals surface area contributed by atoms with E-state index in [9.17, 15) is 4.79 Å². The van der Waals surface area contributed by atoms with Gasteiger partial charge in [-0.2, -0.15) is 0 Å². The van der Waals surface area contributed by atoms with Crippen LogP contribution in [0.15, 0.2) is 18.2 Å². The zero-order valence-corrected chi connectivity index (χ0v) is 12.4. The van der Waals surface area contributed by atoms with Gasteiger partial charge in [-0.1, -0.05) is 19.8 Å². The van der Waals surface area contributed by atoms with Crippen molar-refractivity contribution in [3.8, 4) is 0 Å². The van der Waals surface area contributed by atoms with Crippen LogP contribution < -0.4 is 16.4 Å². The van der Waals surface area contributed by atoms with Gasteiger partial charge >= 0.3 is 0 Å². The molecular weight excluding hydrogens is 250 g/mol. The summed E-state index contributed by atoms with van der Waals surface area (Å²) in [5, 5.41) is 6.30. The summed E-state index contributed by atoms with van der Waals surface area (Å²) >= 11 is 0. The highest BCUT2D eigenvalue weighted by molar-refractivity contribution is 5.96. The molecule has 0 saturated heterocycles. The smallest absolute Gasteiger partial charge is 0.251 e. The van der Waals surface area contributed by atoms with Crippen LogP contribution in [0.25, 0.3) is 0 Å². The summed E-state index contributed by atoms with van der Waals surface area (Å²) in [5.41, 5.74) is 8.27. The summed E-state index contributed by atoms with van der Waals surface area (Å²) in [7, 11) is 0. The Kier molecular flexibility index (Phi) is 4.88. The third kappa shape index (κ3) is 3.65. The first kappa shape index (κ1) is 14.7. The van der Waals surface area contributed by atoms with E-state index in [1.54, 1.807) is 6.07 Å². The fraction of sp³-hybridized carbons (Fsp3) is 0.562. The number of hydrogen-bond acceptors (Lipinski definition) is 3. The normalized spacial score (nSPS) is 22.3. The first-order valence-electron chi connectivity index (χ1n) is 7.54. The highest BCUT2D eigenvalue weighted by Gasteiger charge is 2.19. The molecule has 4 heteroatoms. The lowest BCUT2D eigenvalue weighted by atomic mass is 9.87. The van der Waals surface area contributed by atoms with Gasteiger partial charge in [0.2, 0.25) is 0 Å². The Labute approximate surface area is 121 Å². The van der Waals surface area contributed by atoms with Crippen LogP contribution in [0.3, 0.4) is 0 Å². The molecule has 2 rings (SSSR count). The van der Waals surface area contributed by atoms with Gasteiger partial charge in [-0.25, -0.2) is 0 Å². The van der Waals surface area contributed by atoms with Crippen LogP contribution in [0.1, 0.15) is 49.9 Å². The van der Waals surface area contributed by atoms with Crippen molar-refractivity contribution < 1.29 is 4.79 Å². The molecule has 0 aliphatic heterocycles. The number of carbonyl (C=O) groups is 1. The molecule has 20 heavy (non-hydrogen) atoms. The van der Waals surface area contributed by atoms with Crippen molar-refractivity contribution in [2.24, 2.45) is 5.92 Å². The van der Waals surface area contributed by atoms with Gasteiger partial charge in [0, 0.05) is 18.2 Å². The van der Waals surface area contributed by atoms with Gasteiger partial charge in [0.05, 0.1) is 11.4 Å². The lowest BCUT2D eigenvalue weighted by molar-refractivity contribution is 0.0956. The molecule has 0 heterocycles. The third-order valence-electron chi connectivity index (χ3n) is 3.95. The van der Waals surface area contributed by atoms with Crippen LogP contribution in [0.2, 0.25) is 0 Å². The molecular formula is C16H25N3O. The lowest BCUT2D eigenvalue weighted by Gasteiger charge is -2.28. The van der Waals surface area contributed by atoms with E-state index >= 15 is 0 Å². The zero-order valence-electron chi connectivity index (χ0n) is 12.4. The van der Waals surface area contributed by atoms with E-state index in [1.807, 2.05) is 19.1 Å². The average molecular weight is 275 g/mol. The van der Waals surface area contributed by atoms with Crippen molar-refractivity contribution in [1.29, 1.82) is 0 Å². The predicted molar refractivity (Wildman–Crippen MR) is 83.9 cm³/mol. The zero-order chi connectivity index (χ0) is 14.5. The van der Waals surface area contributed by atoms with Crippen LogP contribution in [-0.4, -0.2) is 18.5 Å². The molecule has 1 aliphatic rings. The number of anilines is 2. The number of nitrogens with one attached hydrogen (secondary N) is 2. The molecule has 4 N–H and O–H groups in total. The van der Waals surface area contributed by atoms with Gasteiger partial charge < -0.3 is 16.4 Å². The molecule has 1 amide bonds. The minimum Gasteiger partial charge on any atom is -0.397 e. The van der Waals surface area contributed by atoms with Crippen molar-refractivity contribution in [3.05, 3.63) is 23.8 Å². The summed E-state index contributed by atoms with van der Waals surface area (Å²) in [6, 6.07) is 5.99. The highest BCUT2D eigenvalue weighted by Crippen LogP contribution is 2.28. The number of hydrogen-bond donors (Lipinski definition) is 3. The second-order valence-corrected chi connectivity index (χ2v) is 5.77. The molecule has 1 saturated carbocycles. The first-order valence-corrected chi connectivity index (χ1v) is 7.54. The van der Waals surface area contributed by atoms with Gasteiger partial charge in [-0.3, -0.25) is 4.79 Å². The second kappa shape index (κ2) is 6.64. The molecule has 0 bridgehead atoms. The Morgan fingerprint density at radius 1 is 1.40 bits per heavy atom. The molecule has 1 fully saturated rings. The minimum atomic E-state index is -0.0722. The molecule has 110 valence electrons. The van der Waals surface area contributed by atoms with E-state index in [2.05, 4.69) is 17.6 Å². The summed E-state index contributed by atoms with van der Waals surface area (Å²) in [5.74, 6) is 0.703. The van der Waals surface area contributed by atoms with Crippen LogP contribution >= 0.6 is 0 Å². The fourth-order valence-corrected chi connectivity index (χ4v) is 2.88. The number of benzene rings is 1. The molecule has 4 nitrogen and oxygen atoms in total. The van der Waals surface area contributed by atoms with E-state index in [0.29, 0.717) is 23.8 Å². The Morgan fingerprint density at radius 2 is 2.20 bits per heavy atom. The minimum absolute atomic E-state index is 0.0722. The largest absolute Gasteiger partial charge is 0.397 e. The molecule has 1 aromatic carbocycles. The van der Waals surface area contributed by atoms with Gasteiger partial charge in [0.1, 0.15) is 0 Å². The maximum absolute atomic E-state index is 11.8. The van der Waals surface area contributed by atoms with E-state index in [1.165, 1.54) is 25.7 Å². The van der Waals surface area contributed by atoms with Crippen LogP contribution in [0, 0.1) is 5.92 Å². The van der Waals surface area contributed by atoms with Crippen molar-refractivity contribution in [2.75, 3.05) is 17.6 Å². The van der Waals surface area contributed by atoms with E-state index < -0.39 is 0 Å². The van der Waals surface area contributed by atoms with Crippen molar-refractivity contribution in [3.63, 3.8) is 0 Å². The topological polar surface area (TPSA) is 67.2 Å². The van der Waals surface area contributed by atoms with Gasteiger partial charge in [0.15, 0.2) is 0 Å². The Balaban J connectivity index is 2.04. The Hall–Kier alpha value is -1.71. The van der Waals surface area contributed by atoms with Crippen molar-refractivity contribution in [1.82, 2.24) is 5.32 Å². The Bertz CT molecular complexity index is 473. The molecule has 2 atom stereocenters. The van der Waals surface area contributed by atoms with E-state index in [4.69, 9.17) is 5.73 Å². The summed E-state index contributed by atoms with van der Waals surface area (Å²) in [6.07, 6.45) is 4.99. The number of carbonyl (C=O) groups excluding carboxylic acids is 1. The Morgan fingerprint density at radius 3 is 2.85 bits per heavy atom. The number of nitrogen functional groups attached to an aromatic ring is 1. The molecule has 0 spiro atoms. The lowest BCUT2D eigenvalue weighted by Crippen LogP contribution is -2.27. The summed E-state index contributed by atoms with van der Waals surface area (Å²) in [4.78, 5) is 11.8. The molecule has 0 radical (unpaired) electrons. The van der Waals surface area contributed by atoms with Gasteiger partial charge in [0.25, 0.3) is 5.91 Å². The van der Waals surface area contributed by atoms with Gasteiger partial charge in [-0.05, 0) is 43.9 Å². The van der Waals surface area contributed by atoms with Gasteiger partial charge in [-0.15, -0.1) is 0 Å². The van der Waals surface area contributed by atoms with Crippen LogP contribution in [0.4, 0.5) is 11.4 Å². The predicted octanol–water partition coefficient (Wildman–Crippen LogP) is 3.01. The van der Waals surface area contributed by atoms with Crippen LogP contribution in [-0.2, 0) is 0 Å². The maximum Gasteiger partial charge on any atom is 0.251 e. The third-order valence-corrected chi connectivity index (χ3v) is 3.95. The highest BCUT2D eigenvalue weighted by atomic mass is 16.1. The SMILES string of the molecule is CCNC(=O)c1ccc(NC2CCCC(C)C2)c(N)c1. The monoisotopic (exact) mass is 275 g/mol. The summed E-state index contributed by atoms with van der Waals surface area (Å²) in [6.45, 7) is 4.83. The molecule has 0 aromatic heterocycles. The van der Waals surface area contributed by atoms with Crippen molar-refractivity contribution >= 4 is 17.3 Å². The second-order valence-electron chi connectivity index (χ2n) is 5.77. The van der Waals surface area contributed by atoms with Crippen molar-refractivity contribution in [2.45, 2.75) is 45.6 Å². The van der Waals surface area contributed by atoms with E-state index in [0.717, 1.165) is 11.6 Å². The number of rotatable bonds is 4. The van der Waals surface area contributed by atoms with Crippen LogP contribution in [0.5, 0.6) is 0 Å². The maximum atomic E-state index is 11.8.